The van der Waals surface area contributed by atoms with Gasteiger partial charge in [0.2, 0.25) is 0 Å². The predicted octanol–water partition coefficient (Wildman–Crippen LogP) is 12.0. The summed E-state index contributed by atoms with van der Waals surface area (Å²) in [4.78, 5) is 4.76. The summed E-state index contributed by atoms with van der Waals surface area (Å²) in [6.07, 6.45) is 3.98. The number of fused-ring (bicyclic) bond motifs is 8. The number of ether oxygens (including phenoxy) is 1. The van der Waals surface area contributed by atoms with Crippen molar-refractivity contribution in [3.63, 3.8) is 0 Å². The van der Waals surface area contributed by atoms with Gasteiger partial charge in [-0.25, -0.2) is 0 Å². The minimum Gasteiger partial charge on any atom is -0.456 e. The van der Waals surface area contributed by atoms with Crippen molar-refractivity contribution in [2.24, 2.45) is 0 Å². The monoisotopic (exact) mass is 571 g/mol. The third kappa shape index (κ3) is 3.42. The molecule has 0 unspecified atom stereocenters. The van der Waals surface area contributed by atoms with E-state index in [1.807, 2.05) is 12.4 Å². The number of hydrogen-bond donors (Lipinski definition) is 0. The minimum absolute atomic E-state index is 0.862. The molecule has 8 aromatic carbocycles. The molecule has 0 bridgehead atoms. The molecule has 1 aliphatic heterocycles. The average molecular weight is 572 g/mol. The van der Waals surface area contributed by atoms with Gasteiger partial charge < -0.3 is 4.74 Å². The largest absolute Gasteiger partial charge is 0.456 e. The Labute approximate surface area is 259 Å². The molecule has 0 N–H and O–H groups in total. The predicted molar refractivity (Wildman–Crippen MR) is 188 cm³/mol. The lowest BCUT2D eigenvalue weighted by molar-refractivity contribution is 0.488. The van der Waals surface area contributed by atoms with Crippen LogP contribution in [0.2, 0.25) is 0 Å². The summed E-state index contributed by atoms with van der Waals surface area (Å²) < 4.78 is 6.92. The van der Waals surface area contributed by atoms with E-state index in [4.69, 9.17) is 9.72 Å². The highest BCUT2D eigenvalue weighted by atomic mass is 16.5. The van der Waals surface area contributed by atoms with E-state index in [1.54, 1.807) is 0 Å². The van der Waals surface area contributed by atoms with E-state index in [9.17, 15) is 0 Å². The summed E-state index contributed by atoms with van der Waals surface area (Å²) >= 11 is 0. The number of aromatic nitrogens is 1. The Balaban J connectivity index is 1.35. The second kappa shape index (κ2) is 9.25. The first-order chi connectivity index (χ1) is 22.3. The third-order valence-electron chi connectivity index (χ3n) is 9.49. The van der Waals surface area contributed by atoms with E-state index in [-0.39, 0.29) is 0 Å². The van der Waals surface area contributed by atoms with E-state index < -0.39 is 0 Å². The Kier molecular flexibility index (Phi) is 5.03. The Morgan fingerprint density at radius 1 is 0.378 bits per heavy atom. The molecule has 0 saturated carbocycles. The fourth-order valence-corrected chi connectivity index (χ4v) is 7.65. The summed E-state index contributed by atoms with van der Waals surface area (Å²) in [6.45, 7) is 0. The maximum atomic E-state index is 6.92. The Hall–Kier alpha value is -5.99. The van der Waals surface area contributed by atoms with E-state index in [0.717, 1.165) is 38.8 Å². The van der Waals surface area contributed by atoms with Crippen LogP contribution in [0.1, 0.15) is 0 Å². The van der Waals surface area contributed by atoms with Gasteiger partial charge >= 0.3 is 0 Å². The highest BCUT2D eigenvalue weighted by molar-refractivity contribution is 6.26. The van der Waals surface area contributed by atoms with Gasteiger partial charge in [0.05, 0.1) is 0 Å². The Morgan fingerprint density at radius 3 is 1.62 bits per heavy atom. The molecule has 208 valence electrons. The van der Waals surface area contributed by atoms with Crippen LogP contribution < -0.4 is 4.74 Å². The van der Waals surface area contributed by atoms with Crippen molar-refractivity contribution in [1.82, 2.24) is 4.98 Å². The van der Waals surface area contributed by atoms with Gasteiger partial charge in [-0.2, -0.15) is 0 Å². The molecule has 10 rings (SSSR count). The molecule has 2 heteroatoms. The van der Waals surface area contributed by atoms with Crippen molar-refractivity contribution < 1.29 is 4.74 Å². The molecule has 0 amide bonds. The van der Waals surface area contributed by atoms with Crippen LogP contribution in [0, 0.1) is 0 Å². The number of rotatable bonds is 2. The topological polar surface area (TPSA) is 22.1 Å². The van der Waals surface area contributed by atoms with E-state index >= 15 is 0 Å². The van der Waals surface area contributed by atoms with Crippen LogP contribution in [0.4, 0.5) is 0 Å². The van der Waals surface area contributed by atoms with E-state index in [0.29, 0.717) is 0 Å². The van der Waals surface area contributed by atoms with Crippen molar-refractivity contribution in [2.75, 3.05) is 0 Å². The lowest BCUT2D eigenvalue weighted by Gasteiger charge is -2.25. The standard InChI is InChI=1S/C43H25NO/c1-2-12-26(13-3-1)40-31-18-8-10-20-33(31)41(34-21-11-9-19-32(34)40)35-23-39-42(30-17-7-6-16-29(30)35)37-25-44-24-36-28-15-5-4-14-27(28)22-38(45-39)43(36)37/h1-25H. The number of benzene rings is 8. The normalized spacial score (nSPS) is 12.2. The van der Waals surface area contributed by atoms with E-state index in [2.05, 4.69) is 140 Å². The molecule has 0 fully saturated rings. The van der Waals surface area contributed by atoms with Crippen LogP contribution in [0.5, 0.6) is 11.5 Å². The summed E-state index contributed by atoms with van der Waals surface area (Å²) in [5.74, 6) is 1.74. The first-order valence-electron chi connectivity index (χ1n) is 15.4. The molecule has 0 saturated heterocycles. The second-order valence-electron chi connectivity index (χ2n) is 11.9. The summed E-state index contributed by atoms with van der Waals surface area (Å²) in [5, 5.41) is 11.9. The SMILES string of the molecule is c1ccc(-c2c3ccccc3c(-c3cc4c(c5ccccc35)-c3cncc5c3c(cc3ccccc35)O4)c3ccccc23)cc1. The van der Waals surface area contributed by atoms with Crippen LogP contribution >= 0.6 is 0 Å². The summed E-state index contributed by atoms with van der Waals surface area (Å²) in [5.41, 5.74) is 7.10. The average Bonchev–Trinajstić information content (AvgIpc) is 3.10. The zero-order chi connectivity index (χ0) is 29.5. The van der Waals surface area contributed by atoms with Gasteiger partial charge in [0.1, 0.15) is 11.5 Å². The molecule has 0 atom stereocenters. The molecule has 0 aliphatic carbocycles. The number of nitrogens with zero attached hydrogens (tertiary/aromatic N) is 1. The molecule has 0 radical (unpaired) electrons. The van der Waals surface area contributed by atoms with Crippen molar-refractivity contribution in [2.45, 2.75) is 0 Å². The molecule has 2 nitrogen and oxygen atoms in total. The third-order valence-corrected chi connectivity index (χ3v) is 9.49. The van der Waals surface area contributed by atoms with Crippen molar-refractivity contribution in [3.05, 3.63) is 152 Å². The zero-order valence-electron chi connectivity index (χ0n) is 24.3. The van der Waals surface area contributed by atoms with Gasteiger partial charge in [0.15, 0.2) is 0 Å². The molecule has 1 aliphatic rings. The van der Waals surface area contributed by atoms with Crippen LogP contribution in [0.3, 0.4) is 0 Å². The minimum atomic E-state index is 0.862. The van der Waals surface area contributed by atoms with Crippen LogP contribution in [-0.2, 0) is 0 Å². The van der Waals surface area contributed by atoms with Gasteiger partial charge in [-0.15, -0.1) is 0 Å². The van der Waals surface area contributed by atoms with E-state index in [1.165, 1.54) is 60.0 Å². The molecule has 2 heterocycles. The van der Waals surface area contributed by atoms with Crippen molar-refractivity contribution in [1.29, 1.82) is 0 Å². The maximum Gasteiger partial charge on any atom is 0.136 e. The summed E-state index contributed by atoms with van der Waals surface area (Å²) in [6, 6.07) is 50.1. The molecular weight excluding hydrogens is 546 g/mol. The highest BCUT2D eigenvalue weighted by Gasteiger charge is 2.27. The number of pyridine rings is 1. The van der Waals surface area contributed by atoms with Crippen molar-refractivity contribution in [3.8, 4) is 44.9 Å². The van der Waals surface area contributed by atoms with Crippen LogP contribution in [-0.4, -0.2) is 4.98 Å². The Morgan fingerprint density at radius 2 is 0.933 bits per heavy atom. The lowest BCUT2D eigenvalue weighted by Crippen LogP contribution is -2.01. The molecule has 1 aromatic heterocycles. The summed E-state index contributed by atoms with van der Waals surface area (Å²) in [7, 11) is 0. The smallest absolute Gasteiger partial charge is 0.136 e. The first kappa shape index (κ1) is 24.5. The molecular formula is C43H25NO. The van der Waals surface area contributed by atoms with Gasteiger partial charge in [-0.1, -0.05) is 127 Å². The molecule has 0 spiro atoms. The van der Waals surface area contributed by atoms with Gasteiger partial charge in [0, 0.05) is 34.3 Å². The van der Waals surface area contributed by atoms with Gasteiger partial charge in [-0.3, -0.25) is 4.98 Å². The lowest BCUT2D eigenvalue weighted by atomic mass is 9.83. The van der Waals surface area contributed by atoms with Crippen LogP contribution in [0.25, 0.3) is 87.2 Å². The second-order valence-corrected chi connectivity index (χ2v) is 11.9. The fraction of sp³-hybridized carbons (Fsp3) is 0. The number of hydrogen-bond acceptors (Lipinski definition) is 2. The fourth-order valence-electron chi connectivity index (χ4n) is 7.65. The van der Waals surface area contributed by atoms with Crippen LogP contribution in [0.15, 0.2) is 152 Å². The zero-order valence-corrected chi connectivity index (χ0v) is 24.3. The van der Waals surface area contributed by atoms with Gasteiger partial charge in [0.25, 0.3) is 0 Å². The maximum absolute atomic E-state index is 6.92. The highest BCUT2D eigenvalue weighted by Crippen LogP contribution is 2.54. The van der Waals surface area contributed by atoms with Gasteiger partial charge in [-0.05, 0) is 77.5 Å². The quantitative estimate of drug-likeness (QED) is 0.152. The molecule has 45 heavy (non-hydrogen) atoms. The van der Waals surface area contributed by atoms with Crippen molar-refractivity contribution >= 4 is 53.9 Å². The first-order valence-corrected chi connectivity index (χ1v) is 15.4. The molecule has 9 aromatic rings. The Bertz CT molecular complexity index is 2620.